The van der Waals surface area contributed by atoms with Gasteiger partial charge in [-0.25, -0.2) is 15.2 Å². The largest absolute Gasteiger partial charge is 0.479 e. The van der Waals surface area contributed by atoms with Gasteiger partial charge in [-0.2, -0.15) is 9.97 Å². The number of nitrogens with one attached hydrogen (secondary N) is 2. The first-order valence-corrected chi connectivity index (χ1v) is 13.2. The van der Waals surface area contributed by atoms with Crippen LogP contribution in [0.25, 0.3) is 11.2 Å². The first kappa shape index (κ1) is 29.6. The van der Waals surface area contributed by atoms with Crippen molar-refractivity contribution >= 4 is 36.7 Å². The number of nitrogens with two attached hydrogens (primary N) is 1. The van der Waals surface area contributed by atoms with E-state index in [1.165, 1.54) is 24.9 Å². The quantitative estimate of drug-likeness (QED) is 0.144. The Balaban J connectivity index is 1.78. The summed E-state index contributed by atoms with van der Waals surface area (Å²) in [6, 6.07) is 0. The molecule has 6 N–H and O–H groups in total. The number of aromatic nitrogens is 4. The van der Waals surface area contributed by atoms with Crippen molar-refractivity contribution in [1.82, 2.24) is 29.7 Å². The van der Waals surface area contributed by atoms with Gasteiger partial charge in [0.25, 0.3) is 0 Å². The third kappa shape index (κ3) is 6.55. The zero-order chi connectivity index (χ0) is 28.1. The van der Waals surface area contributed by atoms with Gasteiger partial charge in [0.15, 0.2) is 17.4 Å². The molecule has 212 valence electrons. The third-order valence-corrected chi connectivity index (χ3v) is 7.16. The number of hydrogen-bond acceptors (Lipinski definition) is 14. The van der Waals surface area contributed by atoms with Crippen LogP contribution in [0.4, 0.5) is 5.95 Å². The zero-order valence-corrected chi connectivity index (χ0v) is 22.2. The van der Waals surface area contributed by atoms with Gasteiger partial charge in [0.2, 0.25) is 11.8 Å². The summed E-state index contributed by atoms with van der Waals surface area (Å²) in [7, 11) is -2.70. The molecule has 1 fully saturated rings. The van der Waals surface area contributed by atoms with E-state index >= 15 is 0 Å². The van der Waals surface area contributed by atoms with Crippen molar-refractivity contribution in [3.8, 4) is 5.88 Å². The van der Waals surface area contributed by atoms with Crippen molar-refractivity contribution in [1.29, 1.82) is 0 Å². The molecule has 0 amide bonds. The number of anilines is 1. The summed E-state index contributed by atoms with van der Waals surface area (Å²) in [5, 5.41) is 26.7. The van der Waals surface area contributed by atoms with Crippen molar-refractivity contribution < 1.29 is 47.8 Å². The normalized spacial score (nSPS) is 23.5. The number of rotatable bonds is 13. The highest BCUT2D eigenvalue weighted by atomic mass is 31.2. The summed E-state index contributed by atoms with van der Waals surface area (Å²) in [5.74, 6) is -1.43. The lowest BCUT2D eigenvalue weighted by Gasteiger charge is -2.27. The fourth-order valence-electron chi connectivity index (χ4n) is 3.69. The van der Waals surface area contributed by atoms with E-state index in [0.717, 1.165) is 0 Å². The summed E-state index contributed by atoms with van der Waals surface area (Å²) in [6.07, 6.45) is -2.66. The summed E-state index contributed by atoms with van der Waals surface area (Å²) in [6.45, 7) is 3.22. The third-order valence-electron chi connectivity index (χ3n) is 5.50. The van der Waals surface area contributed by atoms with Gasteiger partial charge < -0.3 is 39.4 Å². The minimum absolute atomic E-state index is 0.102. The molecule has 18 heteroatoms. The number of imidazole rings is 1. The number of carbonyl (C=O) groups excluding carboxylic acids is 2. The molecule has 2 aromatic heterocycles. The number of esters is 2. The number of aliphatic hydroxyl groups excluding tert-OH is 1. The standard InChI is InChI=1S/C20H32N7O10P/c1-5-34-12(28)7-23-38(32,24-8-13(29)35-6-2)36-9-11-15(30)20(3,31)18(37-11)27-10-22-14-16(27)25-19(21)26-17(14)33-4/h10-11,15,18,30-31H,5-9H2,1-4H3,(H2,21,25,26)(H2,23,24,32)/t11-,15+,18-,20?/m1/s1. The molecule has 1 unspecified atom stereocenters. The summed E-state index contributed by atoms with van der Waals surface area (Å²) in [4.78, 5) is 35.8. The van der Waals surface area contributed by atoms with E-state index in [1.807, 2.05) is 0 Å². The van der Waals surface area contributed by atoms with Gasteiger partial charge in [-0.15, -0.1) is 0 Å². The average molecular weight is 561 g/mol. The molecule has 4 atom stereocenters. The highest BCUT2D eigenvalue weighted by molar-refractivity contribution is 7.54. The van der Waals surface area contributed by atoms with Crippen LogP contribution in [0, 0.1) is 0 Å². The number of ether oxygens (including phenoxy) is 4. The number of aliphatic hydroxyl groups is 2. The molecule has 0 bridgehead atoms. The lowest BCUT2D eigenvalue weighted by molar-refractivity contribution is -0.142. The lowest BCUT2D eigenvalue weighted by atomic mass is 9.96. The van der Waals surface area contributed by atoms with Crippen LogP contribution in [0.5, 0.6) is 5.88 Å². The summed E-state index contributed by atoms with van der Waals surface area (Å²) < 4.78 is 40.8. The van der Waals surface area contributed by atoms with E-state index in [-0.39, 0.29) is 36.2 Å². The van der Waals surface area contributed by atoms with Crippen LogP contribution in [0.2, 0.25) is 0 Å². The minimum atomic E-state index is -4.08. The topological polar surface area (TPSA) is 232 Å². The maximum Gasteiger partial charge on any atom is 0.341 e. The van der Waals surface area contributed by atoms with Crippen LogP contribution in [-0.2, 0) is 32.9 Å². The Kier molecular flexibility index (Phi) is 9.59. The molecule has 0 aromatic carbocycles. The minimum Gasteiger partial charge on any atom is -0.479 e. The Morgan fingerprint density at radius 1 is 1.21 bits per heavy atom. The summed E-state index contributed by atoms with van der Waals surface area (Å²) in [5.41, 5.74) is 4.28. The van der Waals surface area contributed by atoms with E-state index in [9.17, 15) is 24.4 Å². The number of hydrogen-bond donors (Lipinski definition) is 5. The summed E-state index contributed by atoms with van der Waals surface area (Å²) >= 11 is 0. The molecular weight excluding hydrogens is 529 g/mol. The van der Waals surface area contributed by atoms with Crippen LogP contribution in [0.3, 0.4) is 0 Å². The molecule has 1 saturated heterocycles. The number of methoxy groups -OCH3 is 1. The molecule has 0 saturated carbocycles. The van der Waals surface area contributed by atoms with Crippen molar-refractivity contribution in [3.05, 3.63) is 6.33 Å². The predicted octanol–water partition coefficient (Wildman–Crippen LogP) is -1.14. The van der Waals surface area contributed by atoms with Crippen molar-refractivity contribution in [2.24, 2.45) is 0 Å². The predicted molar refractivity (Wildman–Crippen MR) is 130 cm³/mol. The van der Waals surface area contributed by atoms with Crippen LogP contribution in [0.1, 0.15) is 27.0 Å². The van der Waals surface area contributed by atoms with E-state index in [4.69, 9.17) is 29.2 Å². The Morgan fingerprint density at radius 2 is 1.82 bits per heavy atom. The number of carbonyl (C=O) groups is 2. The highest BCUT2D eigenvalue weighted by Crippen LogP contribution is 2.43. The zero-order valence-electron chi connectivity index (χ0n) is 21.3. The van der Waals surface area contributed by atoms with Gasteiger partial charge >= 0.3 is 19.6 Å². The van der Waals surface area contributed by atoms with E-state index in [2.05, 4.69) is 25.1 Å². The van der Waals surface area contributed by atoms with Gasteiger partial charge in [0.05, 0.1) is 33.3 Å². The number of nitrogens with zero attached hydrogens (tertiary/aromatic N) is 4. The van der Waals surface area contributed by atoms with Crippen LogP contribution >= 0.6 is 7.67 Å². The second-order valence-electron chi connectivity index (χ2n) is 8.24. The molecule has 38 heavy (non-hydrogen) atoms. The van der Waals surface area contributed by atoms with Gasteiger partial charge in [0.1, 0.15) is 30.9 Å². The molecule has 0 aliphatic carbocycles. The van der Waals surface area contributed by atoms with Crippen LogP contribution in [-0.4, -0.2) is 99.5 Å². The van der Waals surface area contributed by atoms with Crippen molar-refractivity contribution in [3.63, 3.8) is 0 Å². The van der Waals surface area contributed by atoms with Crippen LogP contribution in [0.15, 0.2) is 6.33 Å². The van der Waals surface area contributed by atoms with E-state index in [0.29, 0.717) is 0 Å². The highest BCUT2D eigenvalue weighted by Gasteiger charge is 2.54. The maximum absolute atomic E-state index is 13.3. The van der Waals surface area contributed by atoms with Gasteiger partial charge in [-0.3, -0.25) is 18.7 Å². The molecule has 17 nitrogen and oxygen atoms in total. The molecule has 0 spiro atoms. The molecule has 1 aliphatic rings. The molecule has 2 aromatic rings. The van der Waals surface area contributed by atoms with Gasteiger partial charge in [-0.05, 0) is 20.8 Å². The fourth-order valence-corrected chi connectivity index (χ4v) is 5.01. The molecule has 3 heterocycles. The first-order chi connectivity index (χ1) is 18.0. The van der Waals surface area contributed by atoms with Gasteiger partial charge in [0, 0.05) is 0 Å². The Labute approximate surface area is 217 Å². The van der Waals surface area contributed by atoms with Gasteiger partial charge in [-0.1, -0.05) is 0 Å². The molecule has 0 radical (unpaired) electrons. The maximum atomic E-state index is 13.3. The fraction of sp³-hybridized carbons (Fsp3) is 0.650. The smallest absolute Gasteiger partial charge is 0.341 e. The van der Waals surface area contributed by atoms with E-state index < -0.39 is 63.3 Å². The second-order valence-corrected chi connectivity index (χ2v) is 10.2. The SMILES string of the molecule is CCOC(=O)CNP(=O)(NCC(=O)OCC)OC[C@H]1O[C@@H](n2cnc3c(OC)nc(N)nc32)C(C)(O)[C@H]1O. The molecular formula is C20H32N7O10P. The number of fused-ring (bicyclic) bond motifs is 1. The Morgan fingerprint density at radius 3 is 2.37 bits per heavy atom. The molecule has 3 rings (SSSR count). The average Bonchev–Trinajstić information content (AvgIpc) is 3.38. The first-order valence-electron chi connectivity index (χ1n) is 11.6. The van der Waals surface area contributed by atoms with Crippen molar-refractivity contribution in [2.75, 3.05) is 45.8 Å². The molecule has 1 aliphatic heterocycles. The van der Waals surface area contributed by atoms with Crippen molar-refractivity contribution in [2.45, 2.75) is 44.8 Å². The lowest BCUT2D eigenvalue weighted by Crippen LogP contribution is -2.44. The van der Waals surface area contributed by atoms with E-state index in [1.54, 1.807) is 13.8 Å². The van der Waals surface area contributed by atoms with Crippen LogP contribution < -0.4 is 20.6 Å². The monoisotopic (exact) mass is 561 g/mol. The number of nitrogen functional groups attached to an aromatic ring is 1. The second kappa shape index (κ2) is 12.3. The Hall–Kier alpha value is -2.92. The Bertz CT molecular complexity index is 1170.